The van der Waals surface area contributed by atoms with E-state index in [0.717, 1.165) is 5.56 Å². The Morgan fingerprint density at radius 3 is 2.58 bits per heavy atom. The zero-order valence-electron chi connectivity index (χ0n) is 18.0. The topological polar surface area (TPSA) is 153 Å². The van der Waals surface area contributed by atoms with Gasteiger partial charge in [-0.1, -0.05) is 5.92 Å². The number of carbonyl (C=O) groups excluding carboxylic acids is 1. The number of nitrogens with zero attached hydrogens (tertiary/aromatic N) is 4. The van der Waals surface area contributed by atoms with E-state index in [0.29, 0.717) is 11.3 Å². The van der Waals surface area contributed by atoms with Crippen LogP contribution in [0.2, 0.25) is 0 Å². The first kappa shape index (κ1) is 22.4. The highest BCUT2D eigenvalue weighted by molar-refractivity contribution is 5.83. The van der Waals surface area contributed by atoms with Crippen LogP contribution in [0.3, 0.4) is 0 Å². The van der Waals surface area contributed by atoms with Gasteiger partial charge in [0.15, 0.2) is 29.3 Å². The molecule has 1 saturated heterocycles. The molecule has 3 aromatic rings. The average molecular weight is 454 g/mol. The molecular weight excluding hydrogens is 432 g/mol. The van der Waals surface area contributed by atoms with Gasteiger partial charge in [-0.3, -0.25) is 14.2 Å². The molecule has 2 aromatic heterocycles. The number of nitrogens with one attached hydrogen (secondary N) is 2. The van der Waals surface area contributed by atoms with Crippen molar-refractivity contribution < 1.29 is 29.3 Å². The monoisotopic (exact) mass is 454 g/mol. The first-order chi connectivity index (χ1) is 16.0. The summed E-state index contributed by atoms with van der Waals surface area (Å²) >= 11 is 0. The van der Waals surface area contributed by atoms with Crippen molar-refractivity contribution in [1.29, 1.82) is 0 Å². The smallest absolute Gasteiger partial charge is 0.251 e. The summed E-state index contributed by atoms with van der Waals surface area (Å²) in [5.74, 6) is 6.40. The number of likely N-dealkylation sites (N-methyl/N-ethyl adjacent to an activating group) is 1. The van der Waals surface area contributed by atoms with Gasteiger partial charge >= 0.3 is 0 Å². The molecule has 4 atom stereocenters. The lowest BCUT2D eigenvalue weighted by Gasteiger charge is -2.16. The second-order valence-corrected chi connectivity index (χ2v) is 7.05. The van der Waals surface area contributed by atoms with Crippen molar-refractivity contribution in [2.45, 2.75) is 24.5 Å². The predicted octanol–water partition coefficient (Wildman–Crippen LogP) is -0.427. The van der Waals surface area contributed by atoms with Crippen molar-refractivity contribution in [2.24, 2.45) is 0 Å². The second kappa shape index (κ2) is 9.39. The summed E-state index contributed by atoms with van der Waals surface area (Å²) in [6, 6.07) is 7.17. The van der Waals surface area contributed by atoms with Gasteiger partial charge < -0.3 is 25.0 Å². The van der Waals surface area contributed by atoms with Crippen LogP contribution in [-0.2, 0) is 14.4 Å². The van der Waals surface area contributed by atoms with Crippen LogP contribution in [0.4, 0.5) is 5.82 Å². The zero-order chi connectivity index (χ0) is 23.5. The molecule has 0 radical (unpaired) electrons. The van der Waals surface area contributed by atoms with Crippen molar-refractivity contribution in [3.05, 3.63) is 42.0 Å². The molecule has 172 valence electrons. The van der Waals surface area contributed by atoms with E-state index < -0.39 is 30.4 Å². The molecule has 1 amide bonds. The van der Waals surface area contributed by atoms with Crippen LogP contribution >= 0.6 is 0 Å². The number of aromatic nitrogens is 4. The van der Waals surface area contributed by atoms with E-state index in [4.69, 9.17) is 14.3 Å². The van der Waals surface area contributed by atoms with Gasteiger partial charge in [0.05, 0.1) is 20.5 Å². The lowest BCUT2D eigenvalue weighted by molar-refractivity contribution is -0.137. The van der Waals surface area contributed by atoms with Gasteiger partial charge in [0.2, 0.25) is 5.82 Å². The van der Waals surface area contributed by atoms with Gasteiger partial charge in [0, 0.05) is 12.6 Å². The van der Waals surface area contributed by atoms with Gasteiger partial charge in [-0.15, -0.1) is 0 Å². The maximum atomic E-state index is 12.0. The number of aliphatic hydroxyl groups is 2. The van der Waals surface area contributed by atoms with Crippen LogP contribution in [0.5, 0.6) is 5.75 Å². The fraction of sp³-hybridized carbons (Fsp3) is 0.333. The van der Waals surface area contributed by atoms with Crippen LogP contribution in [0.1, 0.15) is 17.6 Å². The van der Waals surface area contributed by atoms with E-state index in [2.05, 4.69) is 37.6 Å². The van der Waals surface area contributed by atoms with E-state index in [1.165, 1.54) is 25.1 Å². The number of amides is 1. The number of fused-ring (bicyclic) bond motifs is 1. The molecule has 12 nitrogen and oxygen atoms in total. The molecule has 12 heteroatoms. The van der Waals surface area contributed by atoms with Gasteiger partial charge in [-0.2, -0.15) is 4.98 Å². The van der Waals surface area contributed by atoms with Crippen LogP contribution in [0.25, 0.3) is 11.2 Å². The summed E-state index contributed by atoms with van der Waals surface area (Å²) in [6.07, 6.45) is -3.82. The molecule has 1 aliphatic heterocycles. The van der Waals surface area contributed by atoms with Crippen LogP contribution in [0.15, 0.2) is 30.6 Å². The first-order valence-electron chi connectivity index (χ1n) is 9.89. The third-order valence-electron chi connectivity index (χ3n) is 5.05. The van der Waals surface area contributed by atoms with Gasteiger partial charge in [0.25, 0.3) is 5.91 Å². The minimum absolute atomic E-state index is 0.149. The van der Waals surface area contributed by atoms with Crippen molar-refractivity contribution in [3.63, 3.8) is 0 Å². The summed E-state index contributed by atoms with van der Waals surface area (Å²) in [5, 5.41) is 23.2. The molecule has 3 heterocycles. The third-order valence-corrected chi connectivity index (χ3v) is 5.05. The molecule has 1 fully saturated rings. The Hall–Kier alpha value is -3.76. The van der Waals surface area contributed by atoms with Crippen LogP contribution in [0, 0.1) is 11.8 Å². The Kier molecular flexibility index (Phi) is 6.38. The molecule has 0 bridgehead atoms. The van der Waals surface area contributed by atoms with Gasteiger partial charge in [-0.25, -0.2) is 15.4 Å². The van der Waals surface area contributed by atoms with E-state index in [9.17, 15) is 15.0 Å². The van der Waals surface area contributed by atoms with Crippen molar-refractivity contribution in [3.8, 4) is 17.6 Å². The molecule has 0 spiro atoms. The molecule has 0 saturated carbocycles. The Morgan fingerprint density at radius 2 is 1.91 bits per heavy atom. The summed E-state index contributed by atoms with van der Waals surface area (Å²) in [5.41, 5.74) is 3.94. The number of carbonyl (C=O) groups is 1. The molecule has 0 unspecified atom stereocenters. The second-order valence-electron chi connectivity index (χ2n) is 7.05. The fourth-order valence-electron chi connectivity index (χ4n) is 3.38. The molecule has 4 rings (SSSR count). The van der Waals surface area contributed by atoms with E-state index >= 15 is 0 Å². The quantitative estimate of drug-likeness (QED) is 0.295. The van der Waals surface area contributed by atoms with E-state index in [1.54, 1.807) is 31.4 Å². The Balaban J connectivity index is 1.73. The Bertz CT molecular complexity index is 1220. The molecule has 4 N–H and O–H groups in total. The summed E-state index contributed by atoms with van der Waals surface area (Å²) in [6.45, 7) is 0. The minimum atomic E-state index is -1.43. The maximum absolute atomic E-state index is 12.0. The molecular formula is C21H22N6O6. The van der Waals surface area contributed by atoms with Crippen molar-refractivity contribution in [1.82, 2.24) is 24.8 Å². The average Bonchev–Trinajstić information content (AvgIpc) is 3.38. The van der Waals surface area contributed by atoms with Crippen LogP contribution < -0.4 is 15.5 Å². The third kappa shape index (κ3) is 4.30. The maximum Gasteiger partial charge on any atom is 0.251 e. The molecule has 33 heavy (non-hydrogen) atoms. The molecule has 1 aromatic carbocycles. The summed E-state index contributed by atoms with van der Waals surface area (Å²) < 4.78 is 12.2. The molecule has 1 aliphatic rings. The van der Waals surface area contributed by atoms with E-state index in [-0.39, 0.29) is 17.3 Å². The van der Waals surface area contributed by atoms with Gasteiger partial charge in [-0.05, 0) is 30.2 Å². The summed E-state index contributed by atoms with van der Waals surface area (Å²) in [7, 11) is 4.41. The number of hydrogen-bond acceptors (Lipinski definition) is 10. The predicted molar refractivity (Wildman–Crippen MR) is 115 cm³/mol. The normalized spacial score (nSPS) is 22.0. The number of ether oxygens (including phenoxy) is 2. The van der Waals surface area contributed by atoms with Crippen LogP contribution in [-0.4, -0.2) is 75.2 Å². The Labute approximate surface area is 188 Å². The van der Waals surface area contributed by atoms with Crippen molar-refractivity contribution >= 4 is 22.9 Å². The standard InChI is InChI=1S/C21H22N6O6/c1-22-20(30)17-15(28)16(29)21(33-17)27-10-23-14-18(26-32-3)24-13(25-19(14)27)9-6-11-4-7-12(31-2)8-5-11/h4-5,7-8,10,15-17,21,28-29H,1-3H3,(H,22,30)(H,24,25,26)/t15-,16+,17-,21+/m0/s1. The number of anilines is 1. The fourth-order valence-corrected chi connectivity index (χ4v) is 3.38. The number of benzene rings is 1. The highest BCUT2D eigenvalue weighted by atomic mass is 16.6. The number of imidazole rings is 1. The SMILES string of the molecule is CNC(=O)[C@H]1O[C@@H](n2cnc3c(NOC)nc(C#Cc4ccc(OC)cc4)nc32)[C@H](O)[C@@H]1O. The molecule has 0 aliphatic carbocycles. The highest BCUT2D eigenvalue weighted by Crippen LogP contribution is 2.32. The number of aliphatic hydroxyl groups excluding tert-OH is 2. The lowest BCUT2D eigenvalue weighted by atomic mass is 10.1. The highest BCUT2D eigenvalue weighted by Gasteiger charge is 2.47. The summed E-state index contributed by atoms with van der Waals surface area (Å²) in [4.78, 5) is 30.0. The largest absolute Gasteiger partial charge is 0.497 e. The minimum Gasteiger partial charge on any atom is -0.497 e. The lowest BCUT2D eigenvalue weighted by Crippen LogP contribution is -2.41. The number of rotatable bonds is 5. The number of methoxy groups -OCH3 is 1. The first-order valence-corrected chi connectivity index (χ1v) is 9.89. The van der Waals surface area contributed by atoms with Gasteiger partial charge in [0.1, 0.15) is 18.0 Å². The zero-order valence-corrected chi connectivity index (χ0v) is 18.0. The van der Waals surface area contributed by atoms with E-state index in [1.807, 2.05) is 0 Å². The number of hydrogen-bond donors (Lipinski definition) is 4. The Morgan fingerprint density at radius 1 is 1.15 bits per heavy atom. The van der Waals surface area contributed by atoms with Crippen molar-refractivity contribution in [2.75, 3.05) is 26.7 Å².